The maximum Gasteiger partial charge on any atom is 0.316 e. The Bertz CT molecular complexity index is 1320. The van der Waals surface area contributed by atoms with Crippen molar-refractivity contribution in [1.82, 2.24) is 14.5 Å². The number of aryl methyl sites for hydroxylation is 2. The van der Waals surface area contributed by atoms with Gasteiger partial charge in [0, 0.05) is 17.8 Å². The fourth-order valence-electron chi connectivity index (χ4n) is 3.06. The monoisotopic (exact) mass is 380 g/mol. The van der Waals surface area contributed by atoms with Crippen LogP contribution in [0.1, 0.15) is 22.3 Å². The second kappa shape index (κ2) is 6.48. The van der Waals surface area contributed by atoms with Gasteiger partial charge in [-0.1, -0.05) is 0 Å². The van der Waals surface area contributed by atoms with Crippen LogP contribution in [0.5, 0.6) is 0 Å². The van der Waals surface area contributed by atoms with Crippen LogP contribution in [0.25, 0.3) is 21.3 Å². The molecule has 8 heteroatoms. The lowest BCUT2D eigenvalue weighted by Gasteiger charge is -2.09. The summed E-state index contributed by atoms with van der Waals surface area (Å²) < 4.78 is 2.38. The first-order chi connectivity index (χ1) is 13.0. The molecule has 1 amide bonds. The fraction of sp³-hybridized carbons (Fsp3) is 0.158. The molecule has 136 valence electrons. The highest BCUT2D eigenvalue weighted by Crippen LogP contribution is 2.25. The average Bonchev–Trinajstić information content (AvgIpc) is 3.01. The molecule has 0 atom stereocenters. The van der Waals surface area contributed by atoms with Crippen molar-refractivity contribution in [3.63, 3.8) is 0 Å². The number of amides is 1. The van der Waals surface area contributed by atoms with Gasteiger partial charge in [-0.15, -0.1) is 11.3 Å². The third-order valence-electron chi connectivity index (χ3n) is 4.31. The fourth-order valence-corrected chi connectivity index (χ4v) is 3.92. The second-order valence-electron chi connectivity index (χ2n) is 6.10. The Morgan fingerprint density at radius 2 is 2.04 bits per heavy atom. The Morgan fingerprint density at radius 1 is 1.22 bits per heavy atom. The normalized spacial score (nSPS) is 11.2. The van der Waals surface area contributed by atoms with Gasteiger partial charge in [-0.05, 0) is 50.2 Å². The number of anilines is 1. The molecule has 0 saturated carbocycles. The molecule has 2 N–H and O–H groups in total. The van der Waals surface area contributed by atoms with E-state index >= 15 is 0 Å². The highest BCUT2D eigenvalue weighted by Gasteiger charge is 2.12. The van der Waals surface area contributed by atoms with Crippen LogP contribution in [0.3, 0.4) is 0 Å². The highest BCUT2D eigenvalue weighted by molar-refractivity contribution is 7.18. The average molecular weight is 380 g/mol. The molecule has 2 aromatic carbocycles. The zero-order valence-electron chi connectivity index (χ0n) is 14.7. The van der Waals surface area contributed by atoms with Crippen LogP contribution in [0.2, 0.25) is 0 Å². The number of aromatic nitrogens is 3. The van der Waals surface area contributed by atoms with Crippen LogP contribution in [0.15, 0.2) is 46.0 Å². The van der Waals surface area contributed by atoms with Gasteiger partial charge in [-0.3, -0.25) is 14.4 Å². The molecule has 0 aliphatic carbocycles. The molecule has 0 radical (unpaired) electrons. The number of nitrogens with one attached hydrogen (secondary N) is 2. The zero-order chi connectivity index (χ0) is 19.1. The SMILES string of the molecule is CCn1c(=O)c(=O)[nH]c2cc(C(=O)Nc3ccc4nc(C)sc4c3)ccc21. The van der Waals surface area contributed by atoms with E-state index in [1.54, 1.807) is 42.5 Å². The molecule has 2 heterocycles. The van der Waals surface area contributed by atoms with Gasteiger partial charge in [-0.25, -0.2) is 4.98 Å². The van der Waals surface area contributed by atoms with E-state index in [0.717, 1.165) is 15.2 Å². The number of nitrogens with zero attached hydrogens (tertiary/aromatic N) is 2. The summed E-state index contributed by atoms with van der Waals surface area (Å²) in [6.07, 6.45) is 0. The summed E-state index contributed by atoms with van der Waals surface area (Å²) in [4.78, 5) is 43.3. The summed E-state index contributed by atoms with van der Waals surface area (Å²) in [7, 11) is 0. The molecule has 0 bridgehead atoms. The number of carbonyl (C=O) groups excluding carboxylic acids is 1. The maximum atomic E-state index is 12.6. The van der Waals surface area contributed by atoms with Gasteiger partial charge in [0.25, 0.3) is 5.91 Å². The van der Waals surface area contributed by atoms with E-state index < -0.39 is 11.1 Å². The standard InChI is InChI=1S/C19H16N4O3S/c1-3-23-15-7-4-11(8-14(15)22-18(25)19(23)26)17(24)21-12-5-6-13-16(9-12)27-10(2)20-13/h4-9H,3H2,1-2H3,(H,21,24)(H,22,25). The van der Waals surface area contributed by atoms with Gasteiger partial charge in [0.2, 0.25) is 0 Å². The first-order valence-electron chi connectivity index (χ1n) is 8.41. The van der Waals surface area contributed by atoms with E-state index in [9.17, 15) is 14.4 Å². The minimum absolute atomic E-state index is 0.299. The lowest BCUT2D eigenvalue weighted by molar-refractivity contribution is 0.102. The summed E-state index contributed by atoms with van der Waals surface area (Å²) in [5.41, 5.74) is 1.69. The summed E-state index contributed by atoms with van der Waals surface area (Å²) >= 11 is 1.56. The topological polar surface area (TPSA) is 96.9 Å². The third kappa shape index (κ3) is 3.04. The number of H-pyrrole nitrogens is 1. The minimum Gasteiger partial charge on any atom is -0.322 e. The largest absolute Gasteiger partial charge is 0.322 e. The molecule has 4 aromatic rings. The van der Waals surface area contributed by atoms with Gasteiger partial charge in [0.1, 0.15) is 0 Å². The molecule has 4 rings (SSSR count). The van der Waals surface area contributed by atoms with E-state index in [2.05, 4.69) is 15.3 Å². The molecular weight excluding hydrogens is 364 g/mol. The molecule has 2 aromatic heterocycles. The summed E-state index contributed by atoms with van der Waals surface area (Å²) in [5.74, 6) is -0.299. The number of aromatic amines is 1. The summed E-state index contributed by atoms with van der Waals surface area (Å²) in [6, 6.07) is 10.4. The molecule has 0 aliphatic heterocycles. The van der Waals surface area contributed by atoms with E-state index in [1.807, 2.05) is 19.1 Å². The molecule has 0 spiro atoms. The number of rotatable bonds is 3. The lowest BCUT2D eigenvalue weighted by atomic mass is 10.1. The van der Waals surface area contributed by atoms with Gasteiger partial charge in [-0.2, -0.15) is 0 Å². The number of hydrogen-bond acceptors (Lipinski definition) is 5. The molecule has 0 saturated heterocycles. The second-order valence-corrected chi connectivity index (χ2v) is 7.34. The van der Waals surface area contributed by atoms with E-state index in [-0.39, 0.29) is 5.91 Å². The van der Waals surface area contributed by atoms with Crippen molar-refractivity contribution in [2.24, 2.45) is 0 Å². The number of thiazole rings is 1. The Hall–Kier alpha value is -3.26. The van der Waals surface area contributed by atoms with Crippen LogP contribution in [0.4, 0.5) is 5.69 Å². The summed E-state index contributed by atoms with van der Waals surface area (Å²) in [6.45, 7) is 4.10. The molecule has 0 aliphatic rings. The molecule has 0 fully saturated rings. The van der Waals surface area contributed by atoms with Gasteiger partial charge < -0.3 is 14.9 Å². The maximum absolute atomic E-state index is 12.6. The molecule has 7 nitrogen and oxygen atoms in total. The van der Waals surface area contributed by atoms with E-state index in [1.165, 1.54) is 4.57 Å². The van der Waals surface area contributed by atoms with E-state index in [0.29, 0.717) is 28.8 Å². The van der Waals surface area contributed by atoms with Gasteiger partial charge in [0.15, 0.2) is 0 Å². The van der Waals surface area contributed by atoms with Crippen molar-refractivity contribution in [1.29, 1.82) is 0 Å². The Morgan fingerprint density at radius 3 is 2.81 bits per heavy atom. The summed E-state index contributed by atoms with van der Waals surface area (Å²) in [5, 5.41) is 3.82. The predicted octanol–water partition coefficient (Wildman–Crippen LogP) is 2.88. The Labute approximate surface area is 157 Å². The Balaban J connectivity index is 1.70. The number of fused-ring (bicyclic) bond motifs is 2. The quantitative estimate of drug-likeness (QED) is 0.534. The van der Waals surface area contributed by atoms with Crippen molar-refractivity contribution in [3.8, 4) is 0 Å². The molecule has 27 heavy (non-hydrogen) atoms. The van der Waals surface area contributed by atoms with Crippen molar-refractivity contribution < 1.29 is 4.79 Å². The Kier molecular flexibility index (Phi) is 4.12. The van der Waals surface area contributed by atoms with Crippen molar-refractivity contribution in [2.45, 2.75) is 20.4 Å². The van der Waals surface area contributed by atoms with Crippen molar-refractivity contribution >= 4 is 44.2 Å². The van der Waals surface area contributed by atoms with Crippen molar-refractivity contribution in [3.05, 3.63) is 67.7 Å². The van der Waals surface area contributed by atoms with Gasteiger partial charge >= 0.3 is 11.1 Å². The number of carbonyl (C=O) groups is 1. The smallest absolute Gasteiger partial charge is 0.316 e. The number of hydrogen-bond donors (Lipinski definition) is 2. The predicted molar refractivity (Wildman–Crippen MR) is 107 cm³/mol. The van der Waals surface area contributed by atoms with Gasteiger partial charge in [0.05, 0.1) is 26.3 Å². The third-order valence-corrected chi connectivity index (χ3v) is 5.24. The first kappa shape index (κ1) is 17.2. The van der Waals surface area contributed by atoms with Crippen LogP contribution in [-0.2, 0) is 6.54 Å². The molecular formula is C19H16N4O3S. The van der Waals surface area contributed by atoms with Crippen LogP contribution in [-0.4, -0.2) is 20.4 Å². The van der Waals surface area contributed by atoms with Crippen molar-refractivity contribution in [2.75, 3.05) is 5.32 Å². The van der Waals surface area contributed by atoms with E-state index in [4.69, 9.17) is 0 Å². The van der Waals surface area contributed by atoms with Crippen LogP contribution >= 0.6 is 11.3 Å². The highest BCUT2D eigenvalue weighted by atomic mass is 32.1. The zero-order valence-corrected chi connectivity index (χ0v) is 15.5. The molecule has 0 unspecified atom stereocenters. The van der Waals surface area contributed by atoms with Crippen LogP contribution in [0, 0.1) is 6.92 Å². The lowest BCUT2D eigenvalue weighted by Crippen LogP contribution is -2.36. The minimum atomic E-state index is -0.701. The number of benzene rings is 2. The van der Waals surface area contributed by atoms with Crippen LogP contribution < -0.4 is 16.4 Å². The first-order valence-corrected chi connectivity index (χ1v) is 9.23.